The fourth-order valence-electron chi connectivity index (χ4n) is 2.75. The van der Waals surface area contributed by atoms with Crippen LogP contribution in [0.1, 0.15) is 17.2 Å². The largest absolute Gasteiger partial charge is 0.378 e. The third-order valence-electron chi connectivity index (χ3n) is 4.25. The summed E-state index contributed by atoms with van der Waals surface area (Å²) in [4.78, 5) is 15.5. The average Bonchev–Trinajstić information content (AvgIpc) is 2.55. The summed E-state index contributed by atoms with van der Waals surface area (Å²) in [6.07, 6.45) is 0. The lowest BCUT2D eigenvalue weighted by Crippen LogP contribution is -3.07. The van der Waals surface area contributed by atoms with E-state index in [2.05, 4.69) is 53.9 Å². The molecule has 3 N–H and O–H groups in total. The molecule has 134 valence electrons. The van der Waals surface area contributed by atoms with Crippen molar-refractivity contribution in [3.05, 3.63) is 59.7 Å². The molecule has 0 saturated heterocycles. The fraction of sp³-hybridized carbons (Fsp3) is 0.350. The van der Waals surface area contributed by atoms with Crippen LogP contribution in [0.3, 0.4) is 0 Å². The number of benzene rings is 2. The molecule has 0 radical (unpaired) electrons. The van der Waals surface area contributed by atoms with Crippen LogP contribution in [0.5, 0.6) is 0 Å². The van der Waals surface area contributed by atoms with E-state index in [4.69, 9.17) is 0 Å². The number of carbonyl (C=O) groups excluding carboxylic acids is 1. The Bertz CT molecular complexity index is 695. The van der Waals surface area contributed by atoms with Crippen molar-refractivity contribution in [2.75, 3.05) is 45.0 Å². The molecule has 5 heteroatoms. The first-order valence-corrected chi connectivity index (χ1v) is 8.55. The van der Waals surface area contributed by atoms with Crippen molar-refractivity contribution >= 4 is 17.4 Å². The van der Waals surface area contributed by atoms with Gasteiger partial charge in [-0.1, -0.05) is 24.3 Å². The number of quaternary nitrogens is 1. The van der Waals surface area contributed by atoms with Gasteiger partial charge in [-0.25, -0.2) is 4.79 Å². The maximum atomic E-state index is 12.2. The highest BCUT2D eigenvalue weighted by molar-refractivity contribution is 5.89. The van der Waals surface area contributed by atoms with E-state index in [1.807, 2.05) is 45.3 Å². The van der Waals surface area contributed by atoms with Crippen LogP contribution in [-0.4, -0.2) is 40.8 Å². The Balaban J connectivity index is 1.98. The summed E-state index contributed by atoms with van der Waals surface area (Å²) >= 11 is 0. The van der Waals surface area contributed by atoms with Crippen LogP contribution in [0.25, 0.3) is 0 Å². The van der Waals surface area contributed by atoms with Gasteiger partial charge in [-0.3, -0.25) is 0 Å². The minimum atomic E-state index is -0.179. The van der Waals surface area contributed by atoms with Crippen molar-refractivity contribution in [2.45, 2.75) is 13.0 Å². The van der Waals surface area contributed by atoms with Gasteiger partial charge in [0.25, 0.3) is 0 Å². The number of carbonyl (C=O) groups is 1. The second kappa shape index (κ2) is 8.53. The Morgan fingerprint density at radius 3 is 2.36 bits per heavy atom. The molecule has 0 aliphatic heterocycles. The summed E-state index contributed by atoms with van der Waals surface area (Å²) in [6.45, 7) is 2.58. The third kappa shape index (κ3) is 5.50. The van der Waals surface area contributed by atoms with Crippen LogP contribution in [0.15, 0.2) is 48.5 Å². The van der Waals surface area contributed by atoms with Crippen LogP contribution < -0.4 is 20.4 Å². The van der Waals surface area contributed by atoms with Crippen molar-refractivity contribution in [2.24, 2.45) is 0 Å². The number of aryl methyl sites for hydroxylation is 1. The Kier molecular flexibility index (Phi) is 6.42. The first kappa shape index (κ1) is 18.8. The lowest BCUT2D eigenvalue weighted by atomic mass is 10.1. The van der Waals surface area contributed by atoms with Crippen LogP contribution >= 0.6 is 0 Å². The number of hydrogen-bond acceptors (Lipinski definition) is 2. The van der Waals surface area contributed by atoms with Gasteiger partial charge >= 0.3 is 6.03 Å². The number of amides is 2. The molecule has 0 fully saturated rings. The van der Waals surface area contributed by atoms with E-state index >= 15 is 0 Å². The zero-order valence-electron chi connectivity index (χ0n) is 15.8. The first-order chi connectivity index (χ1) is 11.9. The minimum absolute atomic E-state index is 0.179. The summed E-state index contributed by atoms with van der Waals surface area (Å²) in [5.74, 6) is 0. The Morgan fingerprint density at radius 2 is 1.80 bits per heavy atom. The predicted molar refractivity (Wildman–Crippen MR) is 105 cm³/mol. The molecule has 0 unspecified atom stereocenters. The minimum Gasteiger partial charge on any atom is -0.378 e. The van der Waals surface area contributed by atoms with Gasteiger partial charge in [0, 0.05) is 31.0 Å². The van der Waals surface area contributed by atoms with Gasteiger partial charge in [0.2, 0.25) is 0 Å². The molecule has 0 aromatic heterocycles. The number of nitrogens with zero attached hydrogens (tertiary/aromatic N) is 1. The van der Waals surface area contributed by atoms with E-state index < -0.39 is 0 Å². The van der Waals surface area contributed by atoms with Gasteiger partial charge in [-0.05, 0) is 36.8 Å². The molecule has 2 rings (SSSR count). The maximum absolute atomic E-state index is 12.2. The Morgan fingerprint density at radius 1 is 1.12 bits per heavy atom. The standard InChI is InChI=1S/C20H28N4O/c1-15-7-6-8-17(13-15)22-20(25)21-14-19(24(4)5)16-9-11-18(12-10-16)23(2)3/h6-13,19H,14H2,1-5H3,(H2,21,22,25)/p+1/t19-/m1/s1. The SMILES string of the molecule is Cc1cccc(NC(=O)NC[C@H](c2ccc(N(C)C)cc2)[NH+](C)C)c1. The molecule has 0 aliphatic rings. The van der Waals surface area contributed by atoms with Crippen molar-refractivity contribution in [1.29, 1.82) is 0 Å². The topological polar surface area (TPSA) is 48.8 Å². The molecule has 25 heavy (non-hydrogen) atoms. The van der Waals surface area contributed by atoms with Crippen LogP contribution in [0, 0.1) is 6.92 Å². The maximum Gasteiger partial charge on any atom is 0.319 e. The molecule has 1 atom stereocenters. The molecule has 0 spiro atoms. The summed E-state index contributed by atoms with van der Waals surface area (Å²) in [5, 5.41) is 5.87. The quantitative estimate of drug-likeness (QED) is 0.753. The van der Waals surface area contributed by atoms with Crippen molar-refractivity contribution in [1.82, 2.24) is 5.32 Å². The zero-order chi connectivity index (χ0) is 18.4. The monoisotopic (exact) mass is 341 g/mol. The van der Waals surface area contributed by atoms with E-state index in [1.54, 1.807) is 0 Å². The Hall–Kier alpha value is -2.53. The van der Waals surface area contributed by atoms with Gasteiger partial charge in [-0.15, -0.1) is 0 Å². The number of rotatable bonds is 6. The van der Waals surface area contributed by atoms with E-state index in [9.17, 15) is 4.79 Å². The summed E-state index contributed by atoms with van der Waals surface area (Å²) < 4.78 is 0. The molecule has 0 heterocycles. The van der Waals surface area contributed by atoms with Crippen LogP contribution in [0.4, 0.5) is 16.2 Å². The smallest absolute Gasteiger partial charge is 0.319 e. The lowest BCUT2D eigenvalue weighted by molar-refractivity contribution is -0.890. The van der Waals surface area contributed by atoms with Crippen molar-refractivity contribution < 1.29 is 9.69 Å². The van der Waals surface area contributed by atoms with Crippen LogP contribution in [0.2, 0.25) is 0 Å². The predicted octanol–water partition coefficient (Wildman–Crippen LogP) is 2.07. The second-order valence-electron chi connectivity index (χ2n) is 6.82. The molecular formula is C20H29N4O+. The van der Waals surface area contributed by atoms with Crippen LogP contribution in [-0.2, 0) is 0 Å². The third-order valence-corrected chi connectivity index (χ3v) is 4.25. The molecule has 5 nitrogen and oxygen atoms in total. The summed E-state index contributed by atoms with van der Waals surface area (Å²) in [5.41, 5.74) is 4.30. The van der Waals surface area contributed by atoms with Gasteiger partial charge in [-0.2, -0.15) is 0 Å². The van der Waals surface area contributed by atoms with Gasteiger partial charge in [0.15, 0.2) is 0 Å². The molecule has 2 amide bonds. The number of urea groups is 1. The van der Waals surface area contributed by atoms with E-state index in [1.165, 1.54) is 16.2 Å². The fourth-order valence-corrected chi connectivity index (χ4v) is 2.75. The zero-order valence-corrected chi connectivity index (χ0v) is 15.8. The highest BCUT2D eigenvalue weighted by Crippen LogP contribution is 2.16. The molecule has 2 aromatic rings. The normalized spacial score (nSPS) is 11.9. The number of likely N-dealkylation sites (N-methyl/N-ethyl adjacent to an activating group) is 1. The number of hydrogen-bond donors (Lipinski definition) is 3. The van der Waals surface area contributed by atoms with Gasteiger partial charge in [0.05, 0.1) is 20.6 Å². The van der Waals surface area contributed by atoms with E-state index in [0.29, 0.717) is 6.54 Å². The lowest BCUT2D eigenvalue weighted by Gasteiger charge is -2.23. The van der Waals surface area contributed by atoms with Gasteiger partial charge in [0.1, 0.15) is 6.04 Å². The molecular weight excluding hydrogens is 312 g/mol. The van der Waals surface area contributed by atoms with Crippen molar-refractivity contribution in [3.63, 3.8) is 0 Å². The molecule has 0 aliphatic carbocycles. The molecule has 2 aromatic carbocycles. The highest BCUT2D eigenvalue weighted by atomic mass is 16.2. The van der Waals surface area contributed by atoms with E-state index in [0.717, 1.165) is 11.3 Å². The summed E-state index contributed by atoms with van der Waals surface area (Å²) in [6, 6.07) is 16.3. The summed E-state index contributed by atoms with van der Waals surface area (Å²) in [7, 11) is 8.26. The Labute approximate surface area is 150 Å². The highest BCUT2D eigenvalue weighted by Gasteiger charge is 2.19. The average molecular weight is 341 g/mol. The van der Waals surface area contributed by atoms with Gasteiger partial charge < -0.3 is 20.4 Å². The number of anilines is 2. The van der Waals surface area contributed by atoms with Crippen molar-refractivity contribution in [3.8, 4) is 0 Å². The molecule has 0 bridgehead atoms. The second-order valence-corrected chi connectivity index (χ2v) is 6.82. The van der Waals surface area contributed by atoms with E-state index in [-0.39, 0.29) is 12.1 Å². The first-order valence-electron chi connectivity index (χ1n) is 8.55. The number of nitrogens with one attached hydrogen (secondary N) is 3. The molecule has 0 saturated carbocycles.